The number of amides is 3. The van der Waals surface area contributed by atoms with Crippen LogP contribution >= 0.6 is 0 Å². The lowest BCUT2D eigenvalue weighted by atomic mass is 9.95. The van der Waals surface area contributed by atoms with Gasteiger partial charge in [0.15, 0.2) is 5.78 Å². The van der Waals surface area contributed by atoms with Crippen molar-refractivity contribution in [3.05, 3.63) is 71.8 Å². The summed E-state index contributed by atoms with van der Waals surface area (Å²) in [5, 5.41) is 2.76. The lowest BCUT2D eigenvalue weighted by Gasteiger charge is -2.38. The fourth-order valence-corrected chi connectivity index (χ4v) is 5.50. The van der Waals surface area contributed by atoms with Crippen LogP contribution in [0.5, 0.6) is 0 Å². The van der Waals surface area contributed by atoms with Gasteiger partial charge in [0.25, 0.3) is 0 Å². The second kappa shape index (κ2) is 16.1. The molecular formula is C33H46N4O5. The first kappa shape index (κ1) is 32.8. The summed E-state index contributed by atoms with van der Waals surface area (Å²) >= 11 is 0. The number of ether oxygens (including phenoxy) is 1. The maximum Gasteiger partial charge on any atom is 0.408 e. The largest absolute Gasteiger partial charge is 0.445 e. The molecule has 0 radical (unpaired) electrons. The average Bonchev–Trinajstić information content (AvgIpc) is 3.43. The van der Waals surface area contributed by atoms with Crippen molar-refractivity contribution >= 4 is 23.7 Å². The number of nitrogens with one attached hydrogen (secondary N) is 1. The van der Waals surface area contributed by atoms with E-state index in [-0.39, 0.29) is 36.7 Å². The van der Waals surface area contributed by atoms with E-state index in [1.54, 1.807) is 4.90 Å². The highest BCUT2D eigenvalue weighted by Gasteiger charge is 2.40. The monoisotopic (exact) mass is 578 g/mol. The van der Waals surface area contributed by atoms with Crippen molar-refractivity contribution in [2.24, 2.45) is 17.6 Å². The predicted octanol–water partition coefficient (Wildman–Crippen LogP) is 3.94. The van der Waals surface area contributed by atoms with Gasteiger partial charge in [0.2, 0.25) is 11.8 Å². The smallest absolute Gasteiger partial charge is 0.408 e. The van der Waals surface area contributed by atoms with Gasteiger partial charge in [0, 0.05) is 6.54 Å². The first-order chi connectivity index (χ1) is 20.1. The Kier molecular flexibility index (Phi) is 12.5. The average molecular weight is 579 g/mol. The number of Topliss-reactive ketones (excluding diaryl/α,β-unsaturated/α-hetero) is 1. The van der Waals surface area contributed by atoms with E-state index in [4.69, 9.17) is 10.5 Å². The molecule has 3 rings (SSSR count). The van der Waals surface area contributed by atoms with E-state index in [1.807, 2.05) is 93.3 Å². The summed E-state index contributed by atoms with van der Waals surface area (Å²) in [6, 6.07) is 16.7. The predicted molar refractivity (Wildman–Crippen MR) is 162 cm³/mol. The third-order valence-electron chi connectivity index (χ3n) is 7.84. The first-order valence-electron chi connectivity index (χ1n) is 15.0. The molecule has 0 aromatic heterocycles. The maximum atomic E-state index is 14.0. The zero-order chi connectivity index (χ0) is 30.6. The van der Waals surface area contributed by atoms with Crippen LogP contribution in [0.1, 0.15) is 58.1 Å². The summed E-state index contributed by atoms with van der Waals surface area (Å²) in [7, 11) is 0. The Balaban J connectivity index is 1.75. The van der Waals surface area contributed by atoms with E-state index in [9.17, 15) is 19.2 Å². The van der Waals surface area contributed by atoms with E-state index in [1.165, 1.54) is 0 Å². The highest BCUT2D eigenvalue weighted by molar-refractivity contribution is 5.92. The van der Waals surface area contributed by atoms with Crippen molar-refractivity contribution in [2.75, 3.05) is 19.6 Å². The standard InChI is InChI=1S/C33H46N4O5/c1-5-24(4)30(31(34)39)37(20-23(2)3)32(40)28-17-12-18-36(28)21-29(38)27(19-25-13-8-6-9-14-25)35-33(41)42-22-26-15-10-7-11-16-26/h6-11,13-16,23-24,27-28,30H,5,12,17-22H2,1-4H3,(H2,34,39)(H,35,41)/t24-,27-,28-,30-/m0/s1. The number of carbonyl (C=O) groups is 4. The lowest BCUT2D eigenvalue weighted by molar-refractivity contribution is -0.146. The number of carbonyl (C=O) groups excluding carboxylic acids is 4. The Morgan fingerprint density at radius 3 is 2.19 bits per heavy atom. The molecular weight excluding hydrogens is 532 g/mol. The van der Waals surface area contributed by atoms with E-state index in [0.29, 0.717) is 32.4 Å². The summed E-state index contributed by atoms with van der Waals surface area (Å²) < 4.78 is 5.41. The van der Waals surface area contributed by atoms with Gasteiger partial charge in [-0.3, -0.25) is 19.3 Å². The SMILES string of the molecule is CC[C@H](C)[C@@H](C(N)=O)N(CC(C)C)C(=O)[C@@H]1CCCN1CC(=O)[C@H](Cc1ccccc1)NC(=O)OCc1ccccc1. The zero-order valence-corrected chi connectivity index (χ0v) is 25.3. The number of likely N-dealkylation sites (tertiary alicyclic amines) is 1. The van der Waals surface area contributed by atoms with Crippen molar-refractivity contribution in [2.45, 2.75) is 78.1 Å². The molecule has 9 nitrogen and oxygen atoms in total. The van der Waals surface area contributed by atoms with Crippen molar-refractivity contribution in [1.82, 2.24) is 15.1 Å². The number of ketones is 1. The fraction of sp³-hybridized carbons (Fsp3) is 0.515. The van der Waals surface area contributed by atoms with Crippen LogP contribution in [0.3, 0.4) is 0 Å². The van der Waals surface area contributed by atoms with Crippen LogP contribution < -0.4 is 11.1 Å². The molecule has 3 N–H and O–H groups in total. The molecule has 1 aliphatic rings. The minimum Gasteiger partial charge on any atom is -0.445 e. The maximum absolute atomic E-state index is 14.0. The molecule has 0 unspecified atom stereocenters. The van der Waals surface area contributed by atoms with Crippen LogP contribution in [-0.2, 0) is 32.1 Å². The van der Waals surface area contributed by atoms with Gasteiger partial charge in [-0.15, -0.1) is 0 Å². The molecule has 3 amide bonds. The van der Waals surface area contributed by atoms with Crippen LogP contribution in [0.15, 0.2) is 60.7 Å². The van der Waals surface area contributed by atoms with Crippen LogP contribution in [0, 0.1) is 11.8 Å². The highest BCUT2D eigenvalue weighted by atomic mass is 16.5. The number of nitrogens with two attached hydrogens (primary N) is 1. The molecule has 0 bridgehead atoms. The van der Waals surface area contributed by atoms with Crippen LogP contribution in [-0.4, -0.2) is 71.3 Å². The Bertz CT molecular complexity index is 1170. The van der Waals surface area contributed by atoms with Crippen LogP contribution in [0.4, 0.5) is 4.79 Å². The molecule has 42 heavy (non-hydrogen) atoms. The van der Waals surface area contributed by atoms with E-state index in [0.717, 1.165) is 17.5 Å². The fourth-order valence-electron chi connectivity index (χ4n) is 5.50. The minimum atomic E-state index is -0.836. The second-order valence-electron chi connectivity index (χ2n) is 11.7. The summed E-state index contributed by atoms with van der Waals surface area (Å²) in [6.07, 6.45) is 1.66. The molecule has 0 aliphatic carbocycles. The number of benzene rings is 2. The van der Waals surface area contributed by atoms with E-state index < -0.39 is 30.1 Å². The molecule has 1 saturated heterocycles. The highest BCUT2D eigenvalue weighted by Crippen LogP contribution is 2.24. The van der Waals surface area contributed by atoms with Crippen molar-refractivity contribution < 1.29 is 23.9 Å². The number of primary amides is 1. The molecule has 2 aromatic carbocycles. The molecule has 1 heterocycles. The molecule has 4 atom stereocenters. The summed E-state index contributed by atoms with van der Waals surface area (Å²) in [4.78, 5) is 56.5. The summed E-state index contributed by atoms with van der Waals surface area (Å²) in [6.45, 7) is 8.96. The topological polar surface area (TPSA) is 122 Å². The van der Waals surface area contributed by atoms with Crippen molar-refractivity contribution in [1.29, 1.82) is 0 Å². The second-order valence-corrected chi connectivity index (χ2v) is 11.7. The molecule has 9 heteroatoms. The summed E-state index contributed by atoms with van der Waals surface area (Å²) in [5.74, 6) is -0.854. The van der Waals surface area contributed by atoms with Crippen LogP contribution in [0.2, 0.25) is 0 Å². The van der Waals surface area contributed by atoms with E-state index >= 15 is 0 Å². The van der Waals surface area contributed by atoms with Gasteiger partial charge in [-0.25, -0.2) is 4.79 Å². The van der Waals surface area contributed by atoms with Gasteiger partial charge >= 0.3 is 6.09 Å². The van der Waals surface area contributed by atoms with Gasteiger partial charge < -0.3 is 20.7 Å². The van der Waals surface area contributed by atoms with Crippen molar-refractivity contribution in [3.8, 4) is 0 Å². The Morgan fingerprint density at radius 1 is 1.00 bits per heavy atom. The minimum absolute atomic E-state index is 0.00698. The molecule has 1 fully saturated rings. The van der Waals surface area contributed by atoms with Gasteiger partial charge in [-0.05, 0) is 48.8 Å². The van der Waals surface area contributed by atoms with Gasteiger partial charge in [0.1, 0.15) is 12.6 Å². The van der Waals surface area contributed by atoms with Crippen molar-refractivity contribution in [3.63, 3.8) is 0 Å². The number of hydrogen-bond acceptors (Lipinski definition) is 6. The number of nitrogens with zero attached hydrogens (tertiary/aromatic N) is 2. The van der Waals surface area contributed by atoms with Gasteiger partial charge in [-0.2, -0.15) is 0 Å². The summed E-state index contributed by atoms with van der Waals surface area (Å²) in [5.41, 5.74) is 7.55. The molecule has 0 saturated carbocycles. The Morgan fingerprint density at radius 2 is 1.62 bits per heavy atom. The van der Waals surface area contributed by atoms with Crippen LogP contribution in [0.25, 0.3) is 0 Å². The zero-order valence-electron chi connectivity index (χ0n) is 25.3. The first-order valence-corrected chi connectivity index (χ1v) is 15.0. The molecule has 228 valence electrons. The Hall–Kier alpha value is -3.72. The normalized spacial score (nSPS) is 17.3. The number of hydrogen-bond donors (Lipinski definition) is 2. The van der Waals surface area contributed by atoms with Gasteiger partial charge in [0.05, 0.1) is 18.6 Å². The Labute approximate surface area is 249 Å². The number of alkyl carbamates (subject to hydrolysis) is 1. The molecule has 2 aromatic rings. The molecule has 0 spiro atoms. The quantitative estimate of drug-likeness (QED) is 0.330. The molecule has 1 aliphatic heterocycles. The third kappa shape index (κ3) is 9.41. The van der Waals surface area contributed by atoms with E-state index in [2.05, 4.69) is 5.32 Å². The number of rotatable bonds is 15. The van der Waals surface area contributed by atoms with Gasteiger partial charge in [-0.1, -0.05) is 94.8 Å². The third-order valence-corrected chi connectivity index (χ3v) is 7.84. The lowest BCUT2D eigenvalue weighted by Crippen LogP contribution is -2.57.